The zero-order valence-electron chi connectivity index (χ0n) is 11.7. The van der Waals surface area contributed by atoms with Gasteiger partial charge in [0, 0.05) is 23.7 Å². The van der Waals surface area contributed by atoms with Gasteiger partial charge in [-0.1, -0.05) is 50.1 Å². The van der Waals surface area contributed by atoms with Gasteiger partial charge in [0.1, 0.15) is 5.75 Å². The van der Waals surface area contributed by atoms with Gasteiger partial charge in [-0.25, -0.2) is 9.97 Å². The van der Waals surface area contributed by atoms with Gasteiger partial charge in [-0.15, -0.1) is 0 Å². The lowest BCUT2D eigenvalue weighted by molar-refractivity contribution is 0.475. The summed E-state index contributed by atoms with van der Waals surface area (Å²) in [5, 5.41) is 10.1. The highest BCUT2D eigenvalue weighted by Crippen LogP contribution is 2.22. The molecule has 1 aromatic heterocycles. The van der Waals surface area contributed by atoms with Crippen LogP contribution >= 0.6 is 11.8 Å². The van der Waals surface area contributed by atoms with Crippen molar-refractivity contribution >= 4 is 11.8 Å². The molecule has 2 rings (SSSR count). The molecule has 4 heteroatoms. The first kappa shape index (κ1) is 14.9. The number of hydrogen-bond acceptors (Lipinski definition) is 4. The van der Waals surface area contributed by atoms with Crippen LogP contribution < -0.4 is 0 Å². The van der Waals surface area contributed by atoms with Crippen LogP contribution in [0, 0.1) is 0 Å². The number of thioether (sulfide) groups is 1. The lowest BCUT2D eigenvalue weighted by Crippen LogP contribution is -1.89. The van der Waals surface area contributed by atoms with Gasteiger partial charge >= 0.3 is 0 Å². The fourth-order valence-corrected chi connectivity index (χ4v) is 2.67. The van der Waals surface area contributed by atoms with E-state index in [1.54, 1.807) is 23.9 Å². The van der Waals surface area contributed by atoms with Crippen molar-refractivity contribution in [1.82, 2.24) is 9.97 Å². The van der Waals surface area contributed by atoms with E-state index >= 15 is 0 Å². The summed E-state index contributed by atoms with van der Waals surface area (Å²) in [4.78, 5) is 8.77. The maximum atomic E-state index is 9.27. The number of unbranched alkanes of at least 4 members (excludes halogenated alkanes) is 3. The Balaban J connectivity index is 1.88. The minimum absolute atomic E-state index is 0.272. The van der Waals surface area contributed by atoms with Crippen molar-refractivity contribution in [2.75, 3.05) is 5.75 Å². The van der Waals surface area contributed by atoms with Crippen molar-refractivity contribution in [3.8, 4) is 16.9 Å². The van der Waals surface area contributed by atoms with E-state index in [1.807, 2.05) is 24.5 Å². The zero-order valence-corrected chi connectivity index (χ0v) is 12.6. The van der Waals surface area contributed by atoms with Crippen molar-refractivity contribution in [2.45, 2.75) is 37.8 Å². The summed E-state index contributed by atoms with van der Waals surface area (Å²) in [7, 11) is 0. The van der Waals surface area contributed by atoms with Gasteiger partial charge in [-0.05, 0) is 24.1 Å². The summed E-state index contributed by atoms with van der Waals surface area (Å²) in [6.07, 6.45) is 8.77. The Morgan fingerprint density at radius 3 is 2.30 bits per heavy atom. The normalized spacial score (nSPS) is 10.7. The Bertz CT molecular complexity index is 511. The van der Waals surface area contributed by atoms with Crippen molar-refractivity contribution in [3.63, 3.8) is 0 Å². The van der Waals surface area contributed by atoms with E-state index in [0.717, 1.165) is 22.0 Å². The monoisotopic (exact) mass is 288 g/mol. The Morgan fingerprint density at radius 2 is 1.65 bits per heavy atom. The highest BCUT2D eigenvalue weighted by atomic mass is 32.2. The van der Waals surface area contributed by atoms with Crippen LogP contribution in [0.2, 0.25) is 0 Å². The van der Waals surface area contributed by atoms with Gasteiger partial charge < -0.3 is 5.11 Å². The number of phenols is 1. The van der Waals surface area contributed by atoms with Gasteiger partial charge in [-0.2, -0.15) is 0 Å². The van der Waals surface area contributed by atoms with Gasteiger partial charge in [0.25, 0.3) is 0 Å². The van der Waals surface area contributed by atoms with Gasteiger partial charge in [0.05, 0.1) is 0 Å². The highest BCUT2D eigenvalue weighted by molar-refractivity contribution is 7.99. The molecule has 0 bridgehead atoms. The minimum atomic E-state index is 0.272. The number of aromatic hydroxyl groups is 1. The third-order valence-electron chi connectivity index (χ3n) is 3.06. The van der Waals surface area contributed by atoms with Crippen LogP contribution in [-0.4, -0.2) is 20.8 Å². The first-order valence-corrected chi connectivity index (χ1v) is 8.02. The summed E-state index contributed by atoms with van der Waals surface area (Å²) < 4.78 is 0. The summed E-state index contributed by atoms with van der Waals surface area (Å²) in [5.41, 5.74) is 1.99. The molecule has 0 aliphatic heterocycles. The Kier molecular flexibility index (Phi) is 5.87. The average molecular weight is 288 g/mol. The third kappa shape index (κ3) is 4.53. The molecule has 1 heterocycles. The van der Waals surface area contributed by atoms with E-state index in [4.69, 9.17) is 0 Å². The van der Waals surface area contributed by atoms with Crippen LogP contribution in [0.25, 0.3) is 11.1 Å². The number of phenolic OH excluding ortho intramolecular Hbond substituents is 1. The van der Waals surface area contributed by atoms with Crippen LogP contribution in [0.5, 0.6) is 5.75 Å². The molecule has 106 valence electrons. The standard InChI is InChI=1S/C16H20N2OS/c1-2-3-4-5-10-20-16-17-11-14(12-18-16)13-6-8-15(19)9-7-13/h6-9,11-12,19H,2-5,10H2,1H3. The van der Waals surface area contributed by atoms with Gasteiger partial charge in [-0.3, -0.25) is 0 Å². The molecule has 0 atom stereocenters. The molecule has 0 aliphatic carbocycles. The number of benzene rings is 1. The molecule has 1 N–H and O–H groups in total. The molecule has 0 saturated carbocycles. The van der Waals surface area contributed by atoms with Crippen LogP contribution in [0.1, 0.15) is 32.6 Å². The Labute approximate surface area is 124 Å². The first-order valence-electron chi connectivity index (χ1n) is 7.04. The number of nitrogens with zero attached hydrogens (tertiary/aromatic N) is 2. The maximum Gasteiger partial charge on any atom is 0.187 e. The van der Waals surface area contributed by atoms with Crippen molar-refractivity contribution in [1.29, 1.82) is 0 Å². The average Bonchev–Trinajstić information content (AvgIpc) is 2.49. The number of rotatable bonds is 7. The Morgan fingerprint density at radius 1 is 0.950 bits per heavy atom. The molecule has 0 amide bonds. The smallest absolute Gasteiger partial charge is 0.187 e. The van der Waals surface area contributed by atoms with Crippen LogP contribution in [-0.2, 0) is 0 Å². The zero-order chi connectivity index (χ0) is 14.2. The summed E-state index contributed by atoms with van der Waals surface area (Å²) >= 11 is 1.71. The molecule has 0 radical (unpaired) electrons. The van der Waals surface area contributed by atoms with Crippen LogP contribution in [0.4, 0.5) is 0 Å². The molecule has 0 aliphatic rings. The summed E-state index contributed by atoms with van der Waals surface area (Å²) in [5.74, 6) is 1.35. The molecular weight excluding hydrogens is 268 g/mol. The molecule has 2 aromatic rings. The molecule has 0 saturated heterocycles. The quantitative estimate of drug-likeness (QED) is 0.462. The number of hydrogen-bond donors (Lipinski definition) is 1. The van der Waals surface area contributed by atoms with Crippen molar-refractivity contribution in [2.24, 2.45) is 0 Å². The predicted molar refractivity (Wildman–Crippen MR) is 84.0 cm³/mol. The largest absolute Gasteiger partial charge is 0.508 e. The van der Waals surface area contributed by atoms with E-state index in [9.17, 15) is 5.11 Å². The van der Waals surface area contributed by atoms with Gasteiger partial charge in [0.15, 0.2) is 5.16 Å². The molecule has 1 aromatic carbocycles. The third-order valence-corrected chi connectivity index (χ3v) is 4.02. The summed E-state index contributed by atoms with van der Waals surface area (Å²) in [6, 6.07) is 7.08. The molecule has 0 unspecified atom stereocenters. The fourth-order valence-electron chi connectivity index (χ4n) is 1.89. The topological polar surface area (TPSA) is 46.0 Å². The first-order chi connectivity index (χ1) is 9.79. The highest BCUT2D eigenvalue weighted by Gasteiger charge is 2.01. The van der Waals surface area contributed by atoms with Crippen molar-refractivity contribution < 1.29 is 5.11 Å². The molecular formula is C16H20N2OS. The maximum absolute atomic E-state index is 9.27. The van der Waals surface area contributed by atoms with E-state index < -0.39 is 0 Å². The molecule has 20 heavy (non-hydrogen) atoms. The lowest BCUT2D eigenvalue weighted by Gasteiger charge is -2.03. The Hall–Kier alpha value is -1.55. The van der Waals surface area contributed by atoms with E-state index in [1.165, 1.54) is 25.7 Å². The fraction of sp³-hybridized carbons (Fsp3) is 0.375. The van der Waals surface area contributed by atoms with E-state index in [-0.39, 0.29) is 5.75 Å². The molecule has 3 nitrogen and oxygen atoms in total. The van der Waals surface area contributed by atoms with E-state index in [0.29, 0.717) is 0 Å². The van der Waals surface area contributed by atoms with Crippen LogP contribution in [0.3, 0.4) is 0 Å². The van der Waals surface area contributed by atoms with E-state index in [2.05, 4.69) is 16.9 Å². The molecule has 0 fully saturated rings. The van der Waals surface area contributed by atoms with Crippen LogP contribution in [0.15, 0.2) is 41.8 Å². The lowest BCUT2D eigenvalue weighted by atomic mass is 10.1. The number of aromatic nitrogens is 2. The van der Waals surface area contributed by atoms with Gasteiger partial charge in [0.2, 0.25) is 0 Å². The van der Waals surface area contributed by atoms with Crippen molar-refractivity contribution in [3.05, 3.63) is 36.7 Å². The predicted octanol–water partition coefficient (Wildman–Crippen LogP) is 4.52. The second-order valence-corrected chi connectivity index (χ2v) is 5.77. The SMILES string of the molecule is CCCCCCSc1ncc(-c2ccc(O)cc2)cn1. The second-order valence-electron chi connectivity index (χ2n) is 4.71. The molecule has 0 spiro atoms. The minimum Gasteiger partial charge on any atom is -0.508 e. The second kappa shape index (κ2) is 7.90. The summed E-state index contributed by atoms with van der Waals surface area (Å²) in [6.45, 7) is 2.22.